The lowest BCUT2D eigenvalue weighted by atomic mass is 9.67. The predicted molar refractivity (Wildman–Crippen MR) is 228 cm³/mol. The average Bonchev–Trinajstić information content (AvgIpc) is 3.82. The molecule has 0 saturated heterocycles. The number of hydrogen-bond acceptors (Lipinski definition) is 3. The second-order valence-electron chi connectivity index (χ2n) is 14.4. The smallest absolute Gasteiger partial charge is 0.160 e. The van der Waals surface area contributed by atoms with Gasteiger partial charge in [-0.15, -0.1) is 0 Å². The Morgan fingerprint density at radius 1 is 0.375 bits per heavy atom. The number of benzene rings is 8. The molecule has 0 radical (unpaired) electrons. The van der Waals surface area contributed by atoms with Gasteiger partial charge >= 0.3 is 0 Å². The van der Waals surface area contributed by atoms with Gasteiger partial charge in [-0.25, -0.2) is 9.97 Å². The highest BCUT2D eigenvalue weighted by atomic mass is 16.3. The van der Waals surface area contributed by atoms with Crippen LogP contribution in [-0.4, -0.2) is 9.97 Å². The molecule has 0 bridgehead atoms. The van der Waals surface area contributed by atoms with E-state index in [0.717, 1.165) is 55.6 Å². The first-order valence-corrected chi connectivity index (χ1v) is 19.1. The lowest BCUT2D eigenvalue weighted by Gasteiger charge is -2.34. The third-order valence-electron chi connectivity index (χ3n) is 11.4. The van der Waals surface area contributed by atoms with E-state index in [2.05, 4.69) is 176 Å². The predicted octanol–water partition coefficient (Wildman–Crippen LogP) is 13.4. The minimum atomic E-state index is -0.449. The van der Waals surface area contributed by atoms with E-state index < -0.39 is 5.41 Å². The monoisotopic (exact) mass is 714 g/mol. The largest absolute Gasteiger partial charge is 0.456 e. The molecule has 56 heavy (non-hydrogen) atoms. The summed E-state index contributed by atoms with van der Waals surface area (Å²) in [5.74, 6) is 0.675. The molecule has 0 fully saturated rings. The summed E-state index contributed by atoms with van der Waals surface area (Å²) in [6.07, 6.45) is 0. The number of hydrogen-bond donors (Lipinski definition) is 0. The Hall–Kier alpha value is -7.36. The zero-order valence-electron chi connectivity index (χ0n) is 30.4. The molecule has 2 aromatic heterocycles. The molecule has 2 heterocycles. The van der Waals surface area contributed by atoms with E-state index in [1.165, 1.54) is 38.9 Å². The molecule has 0 unspecified atom stereocenters. The van der Waals surface area contributed by atoms with E-state index in [1.54, 1.807) is 0 Å². The Morgan fingerprint density at radius 3 is 1.70 bits per heavy atom. The first-order valence-electron chi connectivity index (χ1n) is 19.1. The Kier molecular flexibility index (Phi) is 7.39. The van der Waals surface area contributed by atoms with Crippen LogP contribution >= 0.6 is 0 Å². The van der Waals surface area contributed by atoms with Gasteiger partial charge < -0.3 is 4.42 Å². The van der Waals surface area contributed by atoms with Gasteiger partial charge in [0, 0.05) is 27.5 Å². The lowest BCUT2D eigenvalue weighted by molar-refractivity contribution is 0.669. The van der Waals surface area contributed by atoms with Crippen LogP contribution in [0.1, 0.15) is 22.3 Å². The van der Waals surface area contributed by atoms with Gasteiger partial charge in [0.15, 0.2) is 5.82 Å². The quantitative estimate of drug-likeness (QED) is 0.172. The summed E-state index contributed by atoms with van der Waals surface area (Å²) >= 11 is 0. The van der Waals surface area contributed by atoms with E-state index in [4.69, 9.17) is 14.4 Å². The number of aromatic nitrogens is 2. The van der Waals surface area contributed by atoms with E-state index >= 15 is 0 Å². The van der Waals surface area contributed by atoms with Crippen molar-refractivity contribution in [1.82, 2.24) is 9.97 Å². The molecule has 0 amide bonds. The summed E-state index contributed by atoms with van der Waals surface area (Å²) < 4.78 is 6.27. The van der Waals surface area contributed by atoms with Gasteiger partial charge in [0.1, 0.15) is 11.2 Å². The minimum absolute atomic E-state index is 0.449. The molecule has 262 valence electrons. The molecular weight excluding hydrogens is 681 g/mol. The van der Waals surface area contributed by atoms with Crippen LogP contribution < -0.4 is 0 Å². The maximum Gasteiger partial charge on any atom is 0.160 e. The van der Waals surface area contributed by atoms with Gasteiger partial charge in [0.25, 0.3) is 0 Å². The highest BCUT2D eigenvalue weighted by Gasteiger charge is 2.46. The number of nitrogens with zero attached hydrogens (tertiary/aromatic N) is 2. The van der Waals surface area contributed by atoms with Crippen LogP contribution in [0.4, 0.5) is 0 Å². The Morgan fingerprint density at radius 2 is 0.929 bits per heavy atom. The van der Waals surface area contributed by atoms with Crippen molar-refractivity contribution in [1.29, 1.82) is 0 Å². The fourth-order valence-electron chi connectivity index (χ4n) is 8.99. The normalized spacial score (nSPS) is 12.8. The SMILES string of the molecule is c1ccc(-c2cc(-c3cccc4oc5ccccc5c34)nc(-c3ccc(-c4cccc5c4-c4ccccc4C5(c4ccccc4)c4ccccc4)cc3)n2)cc1. The molecule has 0 atom stereocenters. The van der Waals surface area contributed by atoms with Crippen LogP contribution in [0.15, 0.2) is 211 Å². The zero-order valence-corrected chi connectivity index (χ0v) is 30.4. The van der Waals surface area contributed by atoms with E-state index in [9.17, 15) is 0 Å². The maximum absolute atomic E-state index is 6.27. The fourth-order valence-corrected chi connectivity index (χ4v) is 8.99. The first-order chi connectivity index (χ1) is 27.8. The van der Waals surface area contributed by atoms with Crippen molar-refractivity contribution in [3.63, 3.8) is 0 Å². The maximum atomic E-state index is 6.27. The van der Waals surface area contributed by atoms with E-state index in [-0.39, 0.29) is 0 Å². The van der Waals surface area contributed by atoms with E-state index in [0.29, 0.717) is 5.82 Å². The van der Waals surface area contributed by atoms with Crippen LogP contribution in [0.2, 0.25) is 0 Å². The van der Waals surface area contributed by atoms with Crippen molar-refractivity contribution < 1.29 is 4.42 Å². The van der Waals surface area contributed by atoms with Gasteiger partial charge in [-0.1, -0.05) is 188 Å². The Labute approximate surface area is 325 Å². The number of furan rings is 1. The molecule has 0 N–H and O–H groups in total. The van der Waals surface area contributed by atoms with Gasteiger partial charge in [-0.3, -0.25) is 0 Å². The van der Waals surface area contributed by atoms with Gasteiger partial charge in [-0.2, -0.15) is 0 Å². The summed E-state index contributed by atoms with van der Waals surface area (Å²) in [4.78, 5) is 10.4. The van der Waals surface area contributed by atoms with Crippen LogP contribution in [0, 0.1) is 0 Å². The van der Waals surface area contributed by atoms with Crippen molar-refractivity contribution >= 4 is 21.9 Å². The van der Waals surface area contributed by atoms with Gasteiger partial charge in [0.2, 0.25) is 0 Å². The zero-order chi connectivity index (χ0) is 37.1. The summed E-state index contributed by atoms with van der Waals surface area (Å²) in [6, 6.07) is 73.3. The average molecular weight is 715 g/mol. The van der Waals surface area contributed by atoms with Crippen molar-refractivity contribution in [2.24, 2.45) is 0 Å². The van der Waals surface area contributed by atoms with Crippen molar-refractivity contribution in [2.75, 3.05) is 0 Å². The van der Waals surface area contributed by atoms with Crippen molar-refractivity contribution in [2.45, 2.75) is 5.41 Å². The van der Waals surface area contributed by atoms with Crippen LogP contribution in [0.25, 0.3) is 78.1 Å². The second kappa shape index (κ2) is 12.9. The number of para-hydroxylation sites is 1. The minimum Gasteiger partial charge on any atom is -0.456 e. The first kappa shape index (κ1) is 32.1. The molecule has 8 aromatic carbocycles. The number of fused-ring (bicyclic) bond motifs is 6. The van der Waals surface area contributed by atoms with Crippen molar-refractivity contribution in [3.8, 4) is 56.2 Å². The Balaban J connectivity index is 1.07. The summed E-state index contributed by atoms with van der Waals surface area (Å²) in [5.41, 5.74) is 16.0. The van der Waals surface area contributed by atoms with Crippen molar-refractivity contribution in [3.05, 3.63) is 229 Å². The van der Waals surface area contributed by atoms with Crippen LogP contribution in [0.3, 0.4) is 0 Å². The standard InChI is InChI=1S/C53H34N2O/c1-4-16-36(17-5-1)46-34-47(42-25-15-29-49-51(42)43-23-11-13-28-48(43)56-49)55-52(54-46)37-32-30-35(31-33-37)40-24-14-27-45-50(40)41-22-10-12-26-44(41)53(45,38-18-6-2-7-19-38)39-20-8-3-9-21-39/h1-34H. The number of rotatable bonds is 6. The molecule has 11 rings (SSSR count). The second-order valence-corrected chi connectivity index (χ2v) is 14.4. The molecule has 0 saturated carbocycles. The summed E-state index contributed by atoms with van der Waals surface area (Å²) in [6.45, 7) is 0. The summed E-state index contributed by atoms with van der Waals surface area (Å²) in [7, 11) is 0. The molecule has 1 aliphatic rings. The molecule has 3 heteroatoms. The fraction of sp³-hybridized carbons (Fsp3) is 0.0189. The highest BCUT2D eigenvalue weighted by Crippen LogP contribution is 2.58. The molecular formula is C53H34N2O. The molecule has 3 nitrogen and oxygen atoms in total. The summed E-state index contributed by atoms with van der Waals surface area (Å²) in [5, 5.41) is 2.13. The topological polar surface area (TPSA) is 38.9 Å². The molecule has 0 spiro atoms. The Bertz CT molecular complexity index is 3020. The van der Waals surface area contributed by atoms with Gasteiger partial charge in [-0.05, 0) is 62.7 Å². The van der Waals surface area contributed by atoms with E-state index in [1.807, 2.05) is 30.3 Å². The molecule has 10 aromatic rings. The molecule has 0 aliphatic heterocycles. The third kappa shape index (κ3) is 4.91. The van der Waals surface area contributed by atoms with Crippen LogP contribution in [-0.2, 0) is 5.41 Å². The molecule has 1 aliphatic carbocycles. The van der Waals surface area contributed by atoms with Crippen LogP contribution in [0.5, 0.6) is 0 Å². The lowest BCUT2D eigenvalue weighted by Crippen LogP contribution is -2.28. The highest BCUT2D eigenvalue weighted by molar-refractivity contribution is 6.12. The van der Waals surface area contributed by atoms with Gasteiger partial charge in [0.05, 0.1) is 16.8 Å². The third-order valence-corrected chi connectivity index (χ3v) is 11.4.